The zero-order valence-corrected chi connectivity index (χ0v) is 6.82. The Morgan fingerprint density at radius 1 is 1.50 bits per heavy atom. The molecule has 0 radical (unpaired) electrons. The Morgan fingerprint density at radius 3 is 3.25 bits per heavy atom. The zero-order chi connectivity index (χ0) is 8.39. The number of azide groups is 1. The minimum atomic E-state index is 0.630. The fourth-order valence-electron chi connectivity index (χ4n) is 0.973. The second-order valence-electron chi connectivity index (χ2n) is 2.25. The molecule has 0 atom stereocenters. The van der Waals surface area contributed by atoms with Crippen LogP contribution in [0.5, 0.6) is 0 Å². The molecule has 0 spiro atoms. The number of benzene rings is 1. The van der Waals surface area contributed by atoms with Crippen molar-refractivity contribution in [3.05, 3.63) is 34.0 Å². The minimum absolute atomic E-state index is 0.630. The predicted octanol–water partition coefficient (Wildman–Crippen LogP) is 3.24. The zero-order valence-electron chi connectivity index (χ0n) is 6.01. The van der Waals surface area contributed by atoms with Crippen LogP contribution in [0.1, 0.15) is 0 Å². The number of fused-ring (bicyclic) bond motifs is 1. The lowest BCUT2D eigenvalue weighted by atomic mass is 10.2. The highest BCUT2D eigenvalue weighted by Crippen LogP contribution is 2.21. The second-order valence-corrected chi connectivity index (χ2v) is 2.88. The SMILES string of the molecule is [N-]=[N+]=Nc1ccc2nscc2c1. The molecule has 2 rings (SSSR count). The number of hydrogen-bond donors (Lipinski definition) is 0. The first-order chi connectivity index (χ1) is 5.90. The van der Waals surface area contributed by atoms with E-state index in [0.29, 0.717) is 5.69 Å². The van der Waals surface area contributed by atoms with Crippen molar-refractivity contribution in [2.24, 2.45) is 5.11 Å². The molecule has 1 aromatic heterocycles. The maximum absolute atomic E-state index is 8.19. The molecular weight excluding hydrogens is 172 g/mol. The van der Waals surface area contributed by atoms with Crippen LogP contribution in [0.4, 0.5) is 5.69 Å². The van der Waals surface area contributed by atoms with Gasteiger partial charge in [0.25, 0.3) is 0 Å². The van der Waals surface area contributed by atoms with Gasteiger partial charge in [-0.05, 0) is 29.2 Å². The first-order valence-corrected chi connectivity index (χ1v) is 4.13. The molecule has 1 aromatic carbocycles. The average Bonchev–Trinajstić information content (AvgIpc) is 2.51. The monoisotopic (exact) mass is 176 g/mol. The number of rotatable bonds is 1. The van der Waals surface area contributed by atoms with Gasteiger partial charge in [-0.2, -0.15) is 4.37 Å². The molecule has 2 aromatic rings. The molecule has 0 aliphatic heterocycles. The van der Waals surface area contributed by atoms with Crippen LogP contribution in [-0.4, -0.2) is 4.37 Å². The van der Waals surface area contributed by atoms with Gasteiger partial charge in [0.15, 0.2) is 0 Å². The highest BCUT2D eigenvalue weighted by Gasteiger charge is 1.95. The molecule has 0 unspecified atom stereocenters. The van der Waals surface area contributed by atoms with Gasteiger partial charge in [0.1, 0.15) is 0 Å². The lowest BCUT2D eigenvalue weighted by Gasteiger charge is -1.89. The van der Waals surface area contributed by atoms with E-state index in [2.05, 4.69) is 14.4 Å². The molecule has 0 aliphatic rings. The minimum Gasteiger partial charge on any atom is -0.193 e. The summed E-state index contributed by atoms with van der Waals surface area (Å²) in [5, 5.41) is 6.43. The molecule has 4 nitrogen and oxygen atoms in total. The number of hydrogen-bond acceptors (Lipinski definition) is 3. The van der Waals surface area contributed by atoms with Crippen LogP contribution in [0.25, 0.3) is 21.3 Å². The van der Waals surface area contributed by atoms with Crippen LogP contribution < -0.4 is 0 Å². The maximum Gasteiger partial charge on any atom is 0.0840 e. The second kappa shape index (κ2) is 2.81. The smallest absolute Gasteiger partial charge is 0.0840 e. The van der Waals surface area contributed by atoms with Gasteiger partial charge in [-0.3, -0.25) is 0 Å². The molecule has 0 N–H and O–H groups in total. The average molecular weight is 176 g/mol. The van der Waals surface area contributed by atoms with Crippen LogP contribution in [0.15, 0.2) is 28.7 Å². The van der Waals surface area contributed by atoms with Crippen LogP contribution in [0.2, 0.25) is 0 Å². The Hall–Kier alpha value is -1.58. The molecular formula is C7H4N4S. The van der Waals surface area contributed by atoms with Crippen LogP contribution in [0, 0.1) is 0 Å². The third-order valence-corrected chi connectivity index (χ3v) is 2.16. The Labute approximate surface area is 72.2 Å². The Morgan fingerprint density at radius 2 is 2.42 bits per heavy atom. The molecule has 1 heterocycles. The summed E-state index contributed by atoms with van der Waals surface area (Å²) in [7, 11) is 0. The molecule has 0 saturated heterocycles. The topological polar surface area (TPSA) is 61.7 Å². The van der Waals surface area contributed by atoms with E-state index in [0.717, 1.165) is 10.9 Å². The van der Waals surface area contributed by atoms with E-state index in [1.165, 1.54) is 11.5 Å². The summed E-state index contributed by atoms with van der Waals surface area (Å²) >= 11 is 1.39. The number of aromatic nitrogens is 1. The fourth-order valence-corrected chi connectivity index (χ4v) is 1.61. The largest absolute Gasteiger partial charge is 0.193 e. The van der Waals surface area contributed by atoms with Crippen molar-refractivity contribution in [3.8, 4) is 0 Å². The van der Waals surface area contributed by atoms with Crippen molar-refractivity contribution in [3.63, 3.8) is 0 Å². The molecule has 0 saturated carbocycles. The van der Waals surface area contributed by atoms with Gasteiger partial charge in [0, 0.05) is 21.4 Å². The van der Waals surface area contributed by atoms with Crippen molar-refractivity contribution in [2.45, 2.75) is 0 Å². The summed E-state index contributed by atoms with van der Waals surface area (Å²) in [6.07, 6.45) is 0. The van der Waals surface area contributed by atoms with E-state index in [9.17, 15) is 0 Å². The summed E-state index contributed by atoms with van der Waals surface area (Å²) in [5.74, 6) is 0. The molecule has 58 valence electrons. The van der Waals surface area contributed by atoms with Crippen molar-refractivity contribution < 1.29 is 0 Å². The quantitative estimate of drug-likeness (QED) is 0.373. The van der Waals surface area contributed by atoms with Gasteiger partial charge in [-0.15, -0.1) is 0 Å². The Balaban J connectivity index is 2.67. The summed E-state index contributed by atoms with van der Waals surface area (Å²) < 4.78 is 4.13. The van der Waals surface area contributed by atoms with E-state index in [1.54, 1.807) is 6.07 Å². The van der Waals surface area contributed by atoms with E-state index >= 15 is 0 Å². The molecule has 0 amide bonds. The van der Waals surface area contributed by atoms with Crippen molar-refractivity contribution in [2.75, 3.05) is 0 Å². The number of nitrogens with zero attached hydrogens (tertiary/aromatic N) is 4. The van der Waals surface area contributed by atoms with E-state index in [-0.39, 0.29) is 0 Å². The summed E-state index contributed by atoms with van der Waals surface area (Å²) in [6, 6.07) is 5.41. The third-order valence-electron chi connectivity index (χ3n) is 1.50. The van der Waals surface area contributed by atoms with E-state index in [4.69, 9.17) is 5.53 Å². The van der Waals surface area contributed by atoms with E-state index in [1.807, 2.05) is 17.5 Å². The summed E-state index contributed by atoms with van der Waals surface area (Å²) in [4.78, 5) is 2.71. The van der Waals surface area contributed by atoms with Gasteiger partial charge in [-0.25, -0.2) is 0 Å². The molecule has 0 fully saturated rings. The molecule has 12 heavy (non-hydrogen) atoms. The van der Waals surface area contributed by atoms with Crippen molar-refractivity contribution in [1.29, 1.82) is 0 Å². The third kappa shape index (κ3) is 1.11. The van der Waals surface area contributed by atoms with Crippen molar-refractivity contribution >= 4 is 28.1 Å². The van der Waals surface area contributed by atoms with Crippen LogP contribution in [0.3, 0.4) is 0 Å². The molecule has 0 bridgehead atoms. The lowest BCUT2D eigenvalue weighted by molar-refractivity contribution is 1.49. The van der Waals surface area contributed by atoms with E-state index < -0.39 is 0 Å². The van der Waals surface area contributed by atoms with Crippen LogP contribution in [-0.2, 0) is 0 Å². The van der Waals surface area contributed by atoms with Gasteiger partial charge < -0.3 is 0 Å². The van der Waals surface area contributed by atoms with Gasteiger partial charge in [0.05, 0.1) is 5.52 Å². The molecule has 5 heteroatoms. The molecule has 0 aliphatic carbocycles. The lowest BCUT2D eigenvalue weighted by Crippen LogP contribution is -1.65. The van der Waals surface area contributed by atoms with Gasteiger partial charge >= 0.3 is 0 Å². The van der Waals surface area contributed by atoms with Gasteiger partial charge in [-0.1, -0.05) is 11.2 Å². The summed E-state index contributed by atoms with van der Waals surface area (Å²) in [5.41, 5.74) is 9.76. The Bertz CT molecular complexity index is 455. The van der Waals surface area contributed by atoms with Gasteiger partial charge in [0.2, 0.25) is 0 Å². The standard InChI is InChI=1S/C7H4N4S/c8-11-9-6-1-2-7-5(3-6)4-12-10-7/h1-4H. The maximum atomic E-state index is 8.19. The summed E-state index contributed by atoms with van der Waals surface area (Å²) in [6.45, 7) is 0. The normalized spacial score (nSPS) is 9.67. The fraction of sp³-hybridized carbons (Fsp3) is 0. The first-order valence-electron chi connectivity index (χ1n) is 3.29. The highest BCUT2D eigenvalue weighted by atomic mass is 32.1. The first kappa shape index (κ1) is 7.09. The predicted molar refractivity (Wildman–Crippen MR) is 48.4 cm³/mol. The highest BCUT2D eigenvalue weighted by molar-refractivity contribution is 7.04. The van der Waals surface area contributed by atoms with Crippen molar-refractivity contribution in [1.82, 2.24) is 4.37 Å². The Kier molecular flexibility index (Phi) is 1.66. The van der Waals surface area contributed by atoms with Crippen LogP contribution >= 0.6 is 11.5 Å².